The SMILES string of the molecule is CC(N[C@H](C)C1CCCCCC1)C1CC2C=CC1C2. The highest BCUT2D eigenvalue weighted by Crippen LogP contribution is 2.45. The minimum absolute atomic E-state index is 0.707. The first-order chi connectivity index (χ1) is 9.24. The number of hydrogen-bond acceptors (Lipinski definition) is 1. The van der Waals surface area contributed by atoms with Gasteiger partial charge in [-0.05, 0) is 63.2 Å². The third kappa shape index (κ3) is 3.07. The predicted octanol–water partition coefficient (Wildman–Crippen LogP) is 4.54. The van der Waals surface area contributed by atoms with Crippen molar-refractivity contribution >= 4 is 0 Å². The Balaban J connectivity index is 1.51. The Morgan fingerprint density at radius 3 is 2.21 bits per heavy atom. The second-order valence-corrected chi connectivity index (χ2v) is 7.44. The average molecular weight is 261 g/mol. The highest BCUT2D eigenvalue weighted by Gasteiger charge is 2.38. The predicted molar refractivity (Wildman–Crippen MR) is 82.1 cm³/mol. The van der Waals surface area contributed by atoms with Gasteiger partial charge in [0.15, 0.2) is 0 Å². The maximum absolute atomic E-state index is 3.97. The quantitative estimate of drug-likeness (QED) is 0.579. The highest BCUT2D eigenvalue weighted by atomic mass is 15.0. The first kappa shape index (κ1) is 13.7. The van der Waals surface area contributed by atoms with Gasteiger partial charge >= 0.3 is 0 Å². The van der Waals surface area contributed by atoms with Crippen molar-refractivity contribution in [3.05, 3.63) is 12.2 Å². The van der Waals surface area contributed by atoms with Crippen LogP contribution in [0.3, 0.4) is 0 Å². The van der Waals surface area contributed by atoms with E-state index < -0.39 is 0 Å². The molecule has 0 radical (unpaired) electrons. The van der Waals surface area contributed by atoms with E-state index in [1.54, 1.807) is 0 Å². The fraction of sp³-hybridized carbons (Fsp3) is 0.889. The average Bonchev–Trinajstić information content (AvgIpc) is 2.92. The van der Waals surface area contributed by atoms with Crippen LogP contribution < -0.4 is 5.32 Å². The van der Waals surface area contributed by atoms with Gasteiger partial charge in [0, 0.05) is 12.1 Å². The monoisotopic (exact) mass is 261 g/mol. The van der Waals surface area contributed by atoms with Crippen LogP contribution in [0.4, 0.5) is 0 Å². The van der Waals surface area contributed by atoms with Crippen LogP contribution >= 0.6 is 0 Å². The molecule has 108 valence electrons. The van der Waals surface area contributed by atoms with E-state index >= 15 is 0 Å². The van der Waals surface area contributed by atoms with E-state index in [1.807, 2.05) is 0 Å². The van der Waals surface area contributed by atoms with Gasteiger partial charge in [0.1, 0.15) is 0 Å². The normalized spacial score (nSPS) is 38.3. The van der Waals surface area contributed by atoms with E-state index in [9.17, 15) is 0 Å². The van der Waals surface area contributed by atoms with Crippen molar-refractivity contribution < 1.29 is 0 Å². The topological polar surface area (TPSA) is 12.0 Å². The largest absolute Gasteiger partial charge is 0.311 e. The molecule has 2 bridgehead atoms. The number of fused-ring (bicyclic) bond motifs is 2. The highest BCUT2D eigenvalue weighted by molar-refractivity contribution is 5.11. The lowest BCUT2D eigenvalue weighted by Gasteiger charge is -2.32. The molecule has 1 N–H and O–H groups in total. The summed E-state index contributed by atoms with van der Waals surface area (Å²) >= 11 is 0. The number of nitrogens with one attached hydrogen (secondary N) is 1. The third-order valence-corrected chi connectivity index (χ3v) is 6.11. The Hall–Kier alpha value is -0.300. The van der Waals surface area contributed by atoms with Gasteiger partial charge in [-0.3, -0.25) is 0 Å². The van der Waals surface area contributed by atoms with Gasteiger partial charge in [-0.1, -0.05) is 37.8 Å². The first-order valence-corrected chi connectivity index (χ1v) is 8.68. The Bertz CT molecular complexity index is 314. The molecule has 0 amide bonds. The van der Waals surface area contributed by atoms with Gasteiger partial charge in [-0.2, -0.15) is 0 Å². The summed E-state index contributed by atoms with van der Waals surface area (Å²) in [4.78, 5) is 0. The maximum Gasteiger partial charge on any atom is 0.00754 e. The fourth-order valence-electron chi connectivity index (χ4n) is 4.88. The molecule has 0 aromatic heterocycles. The zero-order chi connectivity index (χ0) is 13.2. The summed E-state index contributed by atoms with van der Waals surface area (Å²) in [6.07, 6.45) is 16.6. The molecule has 1 heteroatoms. The molecule has 3 rings (SSSR count). The van der Waals surface area contributed by atoms with Crippen molar-refractivity contribution in [1.29, 1.82) is 0 Å². The zero-order valence-electron chi connectivity index (χ0n) is 12.8. The molecule has 0 heterocycles. The van der Waals surface area contributed by atoms with E-state index in [-0.39, 0.29) is 0 Å². The molecule has 3 aliphatic rings. The van der Waals surface area contributed by atoms with E-state index in [0.29, 0.717) is 6.04 Å². The van der Waals surface area contributed by atoms with E-state index in [1.165, 1.54) is 51.4 Å². The van der Waals surface area contributed by atoms with Crippen LogP contribution in [0.25, 0.3) is 0 Å². The Morgan fingerprint density at radius 2 is 1.63 bits per heavy atom. The molecule has 2 saturated carbocycles. The summed E-state index contributed by atoms with van der Waals surface area (Å²) in [5, 5.41) is 3.97. The molecule has 0 aromatic carbocycles. The van der Waals surface area contributed by atoms with Gasteiger partial charge in [-0.25, -0.2) is 0 Å². The van der Waals surface area contributed by atoms with Gasteiger partial charge < -0.3 is 5.32 Å². The lowest BCUT2D eigenvalue weighted by atomic mass is 9.85. The summed E-state index contributed by atoms with van der Waals surface area (Å²) in [6, 6.07) is 1.43. The molecule has 0 saturated heterocycles. The third-order valence-electron chi connectivity index (χ3n) is 6.11. The standard InChI is InChI=1S/C18H31N/c1-13(16-7-5-3-4-6-8-16)19-14(2)18-12-15-9-10-17(18)11-15/h9-10,13-19H,3-8,11-12H2,1-2H3/t13-,14?,15?,17?,18?/m1/s1. The molecule has 1 nitrogen and oxygen atoms in total. The summed E-state index contributed by atoms with van der Waals surface area (Å²) in [6.45, 7) is 4.88. The molecular formula is C18H31N. The van der Waals surface area contributed by atoms with Gasteiger partial charge in [0.05, 0.1) is 0 Å². The fourth-order valence-corrected chi connectivity index (χ4v) is 4.88. The summed E-state index contributed by atoms with van der Waals surface area (Å²) in [5.41, 5.74) is 0. The summed E-state index contributed by atoms with van der Waals surface area (Å²) in [7, 11) is 0. The van der Waals surface area contributed by atoms with Crippen LogP contribution in [-0.4, -0.2) is 12.1 Å². The molecule has 0 spiro atoms. The molecule has 0 aliphatic heterocycles. The van der Waals surface area contributed by atoms with Crippen LogP contribution in [-0.2, 0) is 0 Å². The zero-order valence-corrected chi connectivity index (χ0v) is 12.8. The van der Waals surface area contributed by atoms with E-state index in [4.69, 9.17) is 0 Å². The van der Waals surface area contributed by atoms with Gasteiger partial charge in [0.25, 0.3) is 0 Å². The van der Waals surface area contributed by atoms with E-state index in [2.05, 4.69) is 31.3 Å². The van der Waals surface area contributed by atoms with Crippen LogP contribution in [0.15, 0.2) is 12.2 Å². The van der Waals surface area contributed by atoms with Crippen LogP contribution in [0, 0.1) is 23.7 Å². The van der Waals surface area contributed by atoms with Gasteiger partial charge in [-0.15, -0.1) is 0 Å². The van der Waals surface area contributed by atoms with Crippen molar-refractivity contribution in [2.45, 2.75) is 77.3 Å². The van der Waals surface area contributed by atoms with Crippen molar-refractivity contribution in [1.82, 2.24) is 5.32 Å². The molecule has 4 unspecified atom stereocenters. The summed E-state index contributed by atoms with van der Waals surface area (Å²) in [5.74, 6) is 3.63. The smallest absolute Gasteiger partial charge is 0.00754 e. The minimum Gasteiger partial charge on any atom is -0.311 e. The molecule has 3 aliphatic carbocycles. The molecular weight excluding hydrogens is 230 g/mol. The van der Waals surface area contributed by atoms with Gasteiger partial charge in [0.2, 0.25) is 0 Å². The number of allylic oxidation sites excluding steroid dienone is 2. The number of rotatable bonds is 4. The maximum atomic E-state index is 3.97. The van der Waals surface area contributed by atoms with Crippen molar-refractivity contribution in [2.24, 2.45) is 23.7 Å². The number of hydrogen-bond donors (Lipinski definition) is 1. The molecule has 2 fully saturated rings. The lowest BCUT2D eigenvalue weighted by molar-refractivity contribution is 0.254. The molecule has 19 heavy (non-hydrogen) atoms. The molecule has 5 atom stereocenters. The Kier molecular flexibility index (Phi) is 4.31. The van der Waals surface area contributed by atoms with E-state index in [0.717, 1.165) is 29.7 Å². The summed E-state index contributed by atoms with van der Waals surface area (Å²) < 4.78 is 0. The van der Waals surface area contributed by atoms with Crippen molar-refractivity contribution in [3.63, 3.8) is 0 Å². The lowest BCUT2D eigenvalue weighted by Crippen LogP contribution is -2.44. The van der Waals surface area contributed by atoms with Crippen LogP contribution in [0.5, 0.6) is 0 Å². The Morgan fingerprint density at radius 1 is 0.895 bits per heavy atom. The molecule has 0 aromatic rings. The van der Waals surface area contributed by atoms with Crippen LogP contribution in [0.2, 0.25) is 0 Å². The minimum atomic E-state index is 0.707. The second kappa shape index (κ2) is 5.99. The van der Waals surface area contributed by atoms with Crippen LogP contribution in [0.1, 0.15) is 65.2 Å². The second-order valence-electron chi connectivity index (χ2n) is 7.44. The first-order valence-electron chi connectivity index (χ1n) is 8.68. The Labute approximate surface area is 119 Å². The van der Waals surface area contributed by atoms with Crippen molar-refractivity contribution in [2.75, 3.05) is 0 Å². The van der Waals surface area contributed by atoms with Crippen molar-refractivity contribution in [3.8, 4) is 0 Å².